The van der Waals surface area contributed by atoms with E-state index in [4.69, 9.17) is 4.74 Å². The van der Waals surface area contributed by atoms with Crippen LogP contribution in [0, 0.1) is 5.92 Å². The molecular weight excluding hydrogens is 292 g/mol. The van der Waals surface area contributed by atoms with E-state index < -0.39 is 0 Å². The summed E-state index contributed by atoms with van der Waals surface area (Å²) in [6.07, 6.45) is 4.57. The number of nitrogens with one attached hydrogen (secondary N) is 1. The molecular formula is C18H26N2O3. The maximum Gasteiger partial charge on any atom is 0.259 e. The number of likely N-dealkylation sites (N-methyl/N-ethyl adjacent to an activating group) is 1. The molecule has 0 aliphatic heterocycles. The summed E-state index contributed by atoms with van der Waals surface area (Å²) in [4.78, 5) is 25.7. The van der Waals surface area contributed by atoms with Gasteiger partial charge in [-0.05, 0) is 30.9 Å². The average Bonchev–Trinajstić information content (AvgIpc) is 2.54. The van der Waals surface area contributed by atoms with Crippen LogP contribution in [0.1, 0.15) is 43.0 Å². The Morgan fingerprint density at radius 2 is 1.91 bits per heavy atom. The van der Waals surface area contributed by atoms with Crippen molar-refractivity contribution >= 4 is 11.8 Å². The Labute approximate surface area is 138 Å². The molecule has 1 aromatic carbocycles. The number of carbonyl (C=O) groups excluding carboxylic acids is 2. The highest BCUT2D eigenvalue weighted by Crippen LogP contribution is 2.25. The smallest absolute Gasteiger partial charge is 0.259 e. The minimum Gasteiger partial charge on any atom is -0.483 e. The molecule has 1 aliphatic rings. The first-order valence-electron chi connectivity index (χ1n) is 8.22. The number of para-hydroxylation sites is 1. The Hall–Kier alpha value is -2.04. The lowest BCUT2D eigenvalue weighted by Gasteiger charge is -2.29. The van der Waals surface area contributed by atoms with E-state index in [-0.39, 0.29) is 24.5 Å². The molecule has 23 heavy (non-hydrogen) atoms. The van der Waals surface area contributed by atoms with Crippen molar-refractivity contribution in [3.63, 3.8) is 0 Å². The van der Waals surface area contributed by atoms with E-state index in [9.17, 15) is 9.59 Å². The number of nitrogens with zero attached hydrogens (tertiary/aromatic N) is 1. The second-order valence-electron chi connectivity index (χ2n) is 6.41. The van der Waals surface area contributed by atoms with Crippen molar-refractivity contribution in [3.8, 4) is 5.75 Å². The van der Waals surface area contributed by atoms with Gasteiger partial charge < -0.3 is 15.0 Å². The fraction of sp³-hybridized carbons (Fsp3) is 0.556. The molecule has 0 saturated heterocycles. The van der Waals surface area contributed by atoms with Crippen molar-refractivity contribution in [2.75, 3.05) is 20.7 Å². The van der Waals surface area contributed by atoms with E-state index in [2.05, 4.69) is 12.2 Å². The Bertz CT molecular complexity index is 557. The zero-order valence-corrected chi connectivity index (χ0v) is 14.2. The molecule has 2 amide bonds. The monoisotopic (exact) mass is 318 g/mol. The molecule has 2 atom stereocenters. The van der Waals surface area contributed by atoms with E-state index in [0.29, 0.717) is 17.2 Å². The maximum absolute atomic E-state index is 12.6. The van der Waals surface area contributed by atoms with Gasteiger partial charge in [-0.25, -0.2) is 0 Å². The maximum atomic E-state index is 12.6. The van der Waals surface area contributed by atoms with Gasteiger partial charge in [0, 0.05) is 20.1 Å². The Morgan fingerprint density at radius 3 is 2.61 bits per heavy atom. The second kappa shape index (κ2) is 7.99. The molecule has 1 saturated carbocycles. The van der Waals surface area contributed by atoms with Gasteiger partial charge in [0.2, 0.25) is 0 Å². The predicted molar refractivity (Wildman–Crippen MR) is 89.5 cm³/mol. The molecule has 1 aliphatic carbocycles. The van der Waals surface area contributed by atoms with E-state index in [0.717, 1.165) is 19.3 Å². The quantitative estimate of drug-likeness (QED) is 0.907. The molecule has 0 spiro atoms. The van der Waals surface area contributed by atoms with Gasteiger partial charge in [-0.1, -0.05) is 31.9 Å². The third-order valence-corrected chi connectivity index (χ3v) is 4.41. The van der Waals surface area contributed by atoms with Gasteiger partial charge >= 0.3 is 0 Å². The third kappa shape index (κ3) is 4.71. The average molecular weight is 318 g/mol. The van der Waals surface area contributed by atoms with E-state index in [1.54, 1.807) is 38.4 Å². The van der Waals surface area contributed by atoms with Gasteiger partial charge in [-0.3, -0.25) is 9.59 Å². The molecule has 0 bridgehead atoms. The molecule has 5 nitrogen and oxygen atoms in total. The Morgan fingerprint density at radius 1 is 1.22 bits per heavy atom. The Balaban J connectivity index is 2.03. The highest BCUT2D eigenvalue weighted by Gasteiger charge is 2.24. The van der Waals surface area contributed by atoms with Crippen LogP contribution in [-0.2, 0) is 4.79 Å². The molecule has 5 heteroatoms. The Kier molecular flexibility index (Phi) is 6.02. The predicted octanol–water partition coefficient (Wildman–Crippen LogP) is 2.46. The van der Waals surface area contributed by atoms with Crippen molar-refractivity contribution in [2.24, 2.45) is 5.92 Å². The molecule has 1 N–H and O–H groups in total. The topological polar surface area (TPSA) is 58.6 Å². The van der Waals surface area contributed by atoms with E-state index in [1.165, 1.54) is 11.3 Å². The largest absolute Gasteiger partial charge is 0.483 e. The van der Waals surface area contributed by atoms with Gasteiger partial charge in [-0.15, -0.1) is 0 Å². The molecule has 0 heterocycles. The lowest BCUT2D eigenvalue weighted by Crippen LogP contribution is -2.41. The summed E-state index contributed by atoms with van der Waals surface area (Å²) in [5, 5.41) is 3.12. The van der Waals surface area contributed by atoms with Crippen LogP contribution in [0.4, 0.5) is 0 Å². The first kappa shape index (κ1) is 17.3. The SMILES string of the molecule is CC1CCCCC1NC(=O)c1ccccc1OCC(=O)N(C)C. The summed E-state index contributed by atoms with van der Waals surface area (Å²) in [7, 11) is 3.35. The standard InChI is InChI=1S/C18H26N2O3/c1-13-8-4-6-10-15(13)19-18(22)14-9-5-7-11-16(14)23-12-17(21)20(2)3/h5,7,9,11,13,15H,4,6,8,10,12H2,1-3H3,(H,19,22). The molecule has 2 unspecified atom stereocenters. The van der Waals surface area contributed by atoms with Crippen LogP contribution in [0.2, 0.25) is 0 Å². The highest BCUT2D eigenvalue weighted by atomic mass is 16.5. The number of amides is 2. The molecule has 126 valence electrons. The number of ether oxygens (including phenoxy) is 1. The van der Waals surface area contributed by atoms with Gasteiger partial charge in [0.1, 0.15) is 5.75 Å². The minimum absolute atomic E-state index is 0.0723. The summed E-state index contributed by atoms with van der Waals surface area (Å²) in [5.74, 6) is 0.678. The first-order valence-corrected chi connectivity index (χ1v) is 8.22. The van der Waals surface area contributed by atoms with Crippen LogP contribution in [0.15, 0.2) is 24.3 Å². The lowest BCUT2D eigenvalue weighted by atomic mass is 9.86. The van der Waals surface area contributed by atoms with Gasteiger partial charge in [-0.2, -0.15) is 0 Å². The number of benzene rings is 1. The van der Waals surface area contributed by atoms with Crippen LogP contribution >= 0.6 is 0 Å². The highest BCUT2D eigenvalue weighted by molar-refractivity contribution is 5.97. The molecule has 1 fully saturated rings. The van der Waals surface area contributed by atoms with E-state index >= 15 is 0 Å². The van der Waals surface area contributed by atoms with Crippen molar-refractivity contribution in [1.82, 2.24) is 10.2 Å². The van der Waals surface area contributed by atoms with Crippen molar-refractivity contribution < 1.29 is 14.3 Å². The van der Waals surface area contributed by atoms with Crippen molar-refractivity contribution in [2.45, 2.75) is 38.6 Å². The van der Waals surface area contributed by atoms with Crippen LogP contribution in [0.5, 0.6) is 5.75 Å². The third-order valence-electron chi connectivity index (χ3n) is 4.41. The summed E-state index contributed by atoms with van der Waals surface area (Å²) < 4.78 is 5.55. The zero-order valence-electron chi connectivity index (χ0n) is 14.2. The molecule has 2 rings (SSSR count). The van der Waals surface area contributed by atoms with Crippen LogP contribution in [-0.4, -0.2) is 43.5 Å². The fourth-order valence-corrected chi connectivity index (χ4v) is 2.83. The van der Waals surface area contributed by atoms with Gasteiger partial charge in [0.05, 0.1) is 5.56 Å². The minimum atomic E-state index is -0.138. The lowest BCUT2D eigenvalue weighted by molar-refractivity contribution is -0.130. The number of hydrogen-bond donors (Lipinski definition) is 1. The van der Waals surface area contributed by atoms with Gasteiger partial charge in [0.25, 0.3) is 11.8 Å². The summed E-state index contributed by atoms with van der Waals surface area (Å²) in [6.45, 7) is 2.11. The van der Waals surface area contributed by atoms with Crippen LogP contribution < -0.4 is 10.1 Å². The molecule has 1 aromatic rings. The van der Waals surface area contributed by atoms with Gasteiger partial charge in [0.15, 0.2) is 6.61 Å². The van der Waals surface area contributed by atoms with Crippen molar-refractivity contribution in [3.05, 3.63) is 29.8 Å². The number of carbonyl (C=O) groups is 2. The second-order valence-corrected chi connectivity index (χ2v) is 6.41. The first-order chi connectivity index (χ1) is 11.0. The fourth-order valence-electron chi connectivity index (χ4n) is 2.83. The summed E-state index contributed by atoms with van der Waals surface area (Å²) in [6, 6.07) is 7.28. The van der Waals surface area contributed by atoms with Crippen molar-refractivity contribution in [1.29, 1.82) is 0 Å². The zero-order chi connectivity index (χ0) is 16.8. The summed E-state index contributed by atoms with van der Waals surface area (Å²) in [5.41, 5.74) is 0.483. The number of rotatable bonds is 5. The normalized spacial score (nSPS) is 20.7. The number of hydrogen-bond acceptors (Lipinski definition) is 3. The van der Waals surface area contributed by atoms with Crippen LogP contribution in [0.3, 0.4) is 0 Å². The molecule has 0 aromatic heterocycles. The van der Waals surface area contributed by atoms with Crippen LogP contribution in [0.25, 0.3) is 0 Å². The molecule has 0 radical (unpaired) electrons. The summed E-state index contributed by atoms with van der Waals surface area (Å²) >= 11 is 0. The van der Waals surface area contributed by atoms with E-state index in [1.807, 2.05) is 0 Å².